The SMILES string of the molecule is Cc1nc2ccc(N3CCCC3c3c(C)nn(CC(C)C)c3Cl)nn2n1. The van der Waals surface area contributed by atoms with Crippen LogP contribution in [0.1, 0.15) is 49.8 Å². The van der Waals surface area contributed by atoms with Crippen LogP contribution in [0, 0.1) is 19.8 Å². The maximum atomic E-state index is 6.73. The standard InChI is InChI=1S/C18H24ClN7/c1-11(2)10-25-18(19)17(12(3)21-25)14-6-5-9-24(14)16-8-7-15-20-13(4)22-26(15)23-16/h7-8,11,14H,5-6,9-10H2,1-4H3. The predicted octanol–water partition coefficient (Wildman–Crippen LogP) is 3.59. The number of hydrogen-bond acceptors (Lipinski definition) is 5. The first kappa shape index (κ1) is 17.3. The fourth-order valence-corrected chi connectivity index (χ4v) is 4.15. The third-order valence-corrected chi connectivity index (χ3v) is 5.23. The molecule has 4 heterocycles. The topological polar surface area (TPSA) is 64.1 Å². The Balaban J connectivity index is 1.71. The van der Waals surface area contributed by atoms with Crippen molar-refractivity contribution in [2.24, 2.45) is 5.92 Å². The van der Waals surface area contributed by atoms with E-state index in [1.54, 1.807) is 4.63 Å². The highest BCUT2D eigenvalue weighted by Gasteiger charge is 2.32. The van der Waals surface area contributed by atoms with Gasteiger partial charge in [-0.3, -0.25) is 4.68 Å². The predicted molar refractivity (Wildman–Crippen MR) is 102 cm³/mol. The molecular formula is C18H24ClN7. The van der Waals surface area contributed by atoms with Crippen LogP contribution >= 0.6 is 11.6 Å². The summed E-state index contributed by atoms with van der Waals surface area (Å²) in [7, 11) is 0. The Morgan fingerprint density at radius 1 is 1.19 bits per heavy atom. The molecule has 0 aromatic carbocycles. The van der Waals surface area contributed by atoms with Crippen LogP contribution in [0.4, 0.5) is 5.82 Å². The van der Waals surface area contributed by atoms with Gasteiger partial charge in [0, 0.05) is 18.7 Å². The van der Waals surface area contributed by atoms with E-state index >= 15 is 0 Å². The molecular weight excluding hydrogens is 350 g/mol. The minimum atomic E-state index is 0.193. The monoisotopic (exact) mass is 373 g/mol. The molecule has 0 radical (unpaired) electrons. The van der Waals surface area contributed by atoms with Crippen LogP contribution in [0.25, 0.3) is 5.65 Å². The maximum Gasteiger partial charge on any atom is 0.176 e. The quantitative estimate of drug-likeness (QED) is 0.699. The Morgan fingerprint density at radius 3 is 2.77 bits per heavy atom. The van der Waals surface area contributed by atoms with Crippen molar-refractivity contribution in [3.05, 3.63) is 34.4 Å². The lowest BCUT2D eigenvalue weighted by Gasteiger charge is -2.25. The van der Waals surface area contributed by atoms with Crippen molar-refractivity contribution < 1.29 is 0 Å². The molecule has 1 saturated heterocycles. The molecule has 1 unspecified atom stereocenters. The molecule has 1 aliphatic heterocycles. The van der Waals surface area contributed by atoms with E-state index in [-0.39, 0.29) is 6.04 Å². The van der Waals surface area contributed by atoms with E-state index in [2.05, 4.69) is 39.0 Å². The molecule has 26 heavy (non-hydrogen) atoms. The zero-order valence-corrected chi connectivity index (χ0v) is 16.4. The second kappa shape index (κ2) is 6.54. The fraction of sp³-hybridized carbons (Fsp3) is 0.556. The van der Waals surface area contributed by atoms with Crippen molar-refractivity contribution in [1.82, 2.24) is 29.6 Å². The molecule has 7 nitrogen and oxygen atoms in total. The summed E-state index contributed by atoms with van der Waals surface area (Å²) in [4.78, 5) is 6.67. The summed E-state index contributed by atoms with van der Waals surface area (Å²) in [5.74, 6) is 2.12. The first-order chi connectivity index (χ1) is 12.4. The number of anilines is 1. The Bertz CT molecular complexity index is 943. The number of fused-ring (bicyclic) bond motifs is 1. The Labute approximate surface area is 158 Å². The highest BCUT2D eigenvalue weighted by molar-refractivity contribution is 6.30. The van der Waals surface area contributed by atoms with Gasteiger partial charge in [-0.15, -0.1) is 14.8 Å². The van der Waals surface area contributed by atoms with Crippen LogP contribution in [0.3, 0.4) is 0 Å². The summed E-state index contributed by atoms with van der Waals surface area (Å²) in [5.41, 5.74) is 2.90. The summed E-state index contributed by atoms with van der Waals surface area (Å²) in [6.07, 6.45) is 2.15. The van der Waals surface area contributed by atoms with Gasteiger partial charge in [-0.1, -0.05) is 25.4 Å². The van der Waals surface area contributed by atoms with Gasteiger partial charge in [0.25, 0.3) is 0 Å². The van der Waals surface area contributed by atoms with E-state index in [9.17, 15) is 0 Å². The average molecular weight is 374 g/mol. The lowest BCUT2D eigenvalue weighted by atomic mass is 10.1. The van der Waals surface area contributed by atoms with Gasteiger partial charge < -0.3 is 4.90 Å². The lowest BCUT2D eigenvalue weighted by Crippen LogP contribution is -2.25. The molecule has 3 aromatic heterocycles. The summed E-state index contributed by atoms with van der Waals surface area (Å²) in [6.45, 7) is 10.0. The zero-order valence-electron chi connectivity index (χ0n) is 15.6. The molecule has 138 valence electrons. The van der Waals surface area contributed by atoms with E-state index in [0.717, 1.165) is 59.6 Å². The molecule has 3 aromatic rings. The molecule has 1 aliphatic rings. The summed E-state index contributed by atoms with van der Waals surface area (Å²) >= 11 is 6.73. The van der Waals surface area contributed by atoms with Crippen LogP contribution in [-0.4, -0.2) is 36.1 Å². The van der Waals surface area contributed by atoms with Gasteiger partial charge in [0.1, 0.15) is 11.0 Å². The Morgan fingerprint density at radius 2 is 2.00 bits per heavy atom. The highest BCUT2D eigenvalue weighted by Crippen LogP contribution is 2.39. The molecule has 0 amide bonds. The van der Waals surface area contributed by atoms with Crippen molar-refractivity contribution in [3.8, 4) is 0 Å². The number of hydrogen-bond donors (Lipinski definition) is 0. The van der Waals surface area contributed by atoms with E-state index < -0.39 is 0 Å². The van der Waals surface area contributed by atoms with Gasteiger partial charge in [-0.2, -0.15) is 5.10 Å². The maximum absolute atomic E-state index is 6.73. The largest absolute Gasteiger partial charge is 0.348 e. The van der Waals surface area contributed by atoms with Crippen molar-refractivity contribution in [2.45, 2.75) is 53.1 Å². The minimum Gasteiger partial charge on any atom is -0.348 e. The summed E-state index contributed by atoms with van der Waals surface area (Å²) < 4.78 is 3.54. The zero-order chi connectivity index (χ0) is 18.4. The fourth-order valence-electron chi connectivity index (χ4n) is 3.78. The second-order valence-corrected chi connectivity index (χ2v) is 7.77. The molecule has 0 saturated carbocycles. The van der Waals surface area contributed by atoms with Gasteiger partial charge in [0.2, 0.25) is 0 Å². The van der Waals surface area contributed by atoms with Crippen LogP contribution in [0.15, 0.2) is 12.1 Å². The number of rotatable bonds is 4. The van der Waals surface area contributed by atoms with Crippen LogP contribution < -0.4 is 4.90 Å². The number of aryl methyl sites for hydroxylation is 2. The normalized spacial score (nSPS) is 17.8. The van der Waals surface area contributed by atoms with Crippen molar-refractivity contribution >= 4 is 23.1 Å². The van der Waals surface area contributed by atoms with E-state index in [1.807, 2.05) is 30.7 Å². The van der Waals surface area contributed by atoms with Gasteiger partial charge in [-0.25, -0.2) is 4.98 Å². The summed E-state index contributed by atoms with van der Waals surface area (Å²) in [5, 5.41) is 14.4. The third kappa shape index (κ3) is 2.94. The molecule has 0 N–H and O–H groups in total. The first-order valence-corrected chi connectivity index (χ1v) is 9.52. The molecule has 8 heteroatoms. The van der Waals surface area contributed by atoms with Crippen LogP contribution in [-0.2, 0) is 6.54 Å². The number of aromatic nitrogens is 6. The Kier molecular flexibility index (Phi) is 4.34. The molecule has 4 rings (SSSR count). The molecule has 0 spiro atoms. The van der Waals surface area contributed by atoms with Gasteiger partial charge in [0.05, 0.1) is 11.7 Å². The smallest absolute Gasteiger partial charge is 0.176 e. The molecule has 1 atom stereocenters. The van der Waals surface area contributed by atoms with E-state index in [0.29, 0.717) is 5.92 Å². The van der Waals surface area contributed by atoms with E-state index in [1.165, 1.54) is 0 Å². The molecule has 0 aliphatic carbocycles. The first-order valence-electron chi connectivity index (χ1n) is 9.14. The van der Waals surface area contributed by atoms with Crippen molar-refractivity contribution in [2.75, 3.05) is 11.4 Å². The summed E-state index contributed by atoms with van der Waals surface area (Å²) in [6, 6.07) is 4.18. The Hall–Kier alpha value is -2.15. The van der Waals surface area contributed by atoms with Gasteiger partial charge >= 0.3 is 0 Å². The minimum absolute atomic E-state index is 0.193. The van der Waals surface area contributed by atoms with E-state index in [4.69, 9.17) is 11.6 Å². The van der Waals surface area contributed by atoms with Crippen LogP contribution in [0.2, 0.25) is 5.15 Å². The number of nitrogens with zero attached hydrogens (tertiary/aromatic N) is 7. The van der Waals surface area contributed by atoms with Crippen molar-refractivity contribution in [3.63, 3.8) is 0 Å². The second-order valence-electron chi connectivity index (χ2n) is 7.42. The van der Waals surface area contributed by atoms with Gasteiger partial charge in [0.15, 0.2) is 11.5 Å². The number of halogens is 1. The third-order valence-electron chi connectivity index (χ3n) is 4.83. The average Bonchev–Trinajstić information content (AvgIpc) is 3.24. The highest BCUT2D eigenvalue weighted by atomic mass is 35.5. The van der Waals surface area contributed by atoms with Crippen LogP contribution in [0.5, 0.6) is 0 Å². The molecule has 1 fully saturated rings. The lowest BCUT2D eigenvalue weighted by molar-refractivity contribution is 0.481. The van der Waals surface area contributed by atoms with Gasteiger partial charge in [-0.05, 0) is 44.7 Å². The molecule has 0 bridgehead atoms. The van der Waals surface area contributed by atoms with Crippen molar-refractivity contribution in [1.29, 1.82) is 0 Å².